The minimum atomic E-state index is 0.544. The molecule has 0 fully saturated rings. The average molecular weight is 324 g/mol. The molecule has 1 rings (SSSR count). The summed E-state index contributed by atoms with van der Waals surface area (Å²) in [6.45, 7) is 9.17. The number of hydrogen-bond acceptors (Lipinski definition) is 2. The Labute approximate surface area is 131 Å². The van der Waals surface area contributed by atoms with E-state index in [1.807, 2.05) is 0 Å². The van der Waals surface area contributed by atoms with E-state index in [-0.39, 0.29) is 0 Å². The molecule has 5 heteroatoms. The van der Waals surface area contributed by atoms with Gasteiger partial charge in [0.2, 0.25) is 0 Å². The third-order valence-corrected chi connectivity index (χ3v) is 4.23. The van der Waals surface area contributed by atoms with Crippen LogP contribution in [0.25, 0.3) is 0 Å². The fourth-order valence-corrected chi connectivity index (χ4v) is 2.61. The molecule has 0 aliphatic rings. The molecule has 108 valence electrons. The van der Waals surface area contributed by atoms with Crippen molar-refractivity contribution in [2.24, 2.45) is 0 Å². The molecule has 0 unspecified atom stereocenters. The largest absolute Gasteiger partial charge is 0.311 e. The monoisotopic (exact) mass is 322 g/mol. The second-order valence-electron chi connectivity index (χ2n) is 4.43. The molecule has 19 heavy (non-hydrogen) atoms. The Morgan fingerprint density at radius 1 is 1.05 bits per heavy atom. The van der Waals surface area contributed by atoms with E-state index in [9.17, 15) is 0 Å². The molecular formula is C14H21Cl3N2. The van der Waals surface area contributed by atoms with E-state index < -0.39 is 0 Å². The van der Waals surface area contributed by atoms with Gasteiger partial charge in [0, 0.05) is 30.2 Å². The number of nitrogens with one attached hydrogen (secondary N) is 1. The van der Waals surface area contributed by atoms with Gasteiger partial charge in [-0.15, -0.1) is 0 Å². The highest BCUT2D eigenvalue weighted by molar-refractivity contribution is 6.44. The summed E-state index contributed by atoms with van der Waals surface area (Å²) in [6, 6.07) is 3.50. The molecule has 0 saturated heterocycles. The summed E-state index contributed by atoms with van der Waals surface area (Å²) in [5.74, 6) is 0. The molecule has 1 aromatic carbocycles. The van der Waals surface area contributed by atoms with E-state index in [4.69, 9.17) is 34.8 Å². The van der Waals surface area contributed by atoms with Crippen LogP contribution in [0.2, 0.25) is 15.1 Å². The molecule has 0 radical (unpaired) electrons. The normalized spacial score (nSPS) is 11.3. The Morgan fingerprint density at radius 2 is 1.74 bits per heavy atom. The predicted molar refractivity (Wildman–Crippen MR) is 85.6 cm³/mol. The summed E-state index contributed by atoms with van der Waals surface area (Å²) in [5, 5.41) is 5.11. The topological polar surface area (TPSA) is 15.3 Å². The van der Waals surface area contributed by atoms with Crippen LogP contribution in [0.3, 0.4) is 0 Å². The van der Waals surface area contributed by atoms with Gasteiger partial charge in [0.25, 0.3) is 0 Å². The highest BCUT2D eigenvalue weighted by Gasteiger charge is 2.09. The molecule has 0 amide bonds. The van der Waals surface area contributed by atoms with Crippen molar-refractivity contribution in [1.82, 2.24) is 10.2 Å². The molecule has 0 saturated carbocycles. The van der Waals surface area contributed by atoms with Crippen LogP contribution < -0.4 is 5.32 Å². The van der Waals surface area contributed by atoms with Crippen molar-refractivity contribution in [1.29, 1.82) is 0 Å². The number of halogens is 3. The van der Waals surface area contributed by atoms with Crippen LogP contribution in [-0.2, 0) is 6.54 Å². The number of benzene rings is 1. The summed E-state index contributed by atoms with van der Waals surface area (Å²) in [7, 11) is 0. The van der Waals surface area contributed by atoms with Gasteiger partial charge in [0.15, 0.2) is 0 Å². The Bertz CT molecular complexity index is 397. The van der Waals surface area contributed by atoms with Gasteiger partial charge in [0.05, 0.1) is 10.0 Å². The van der Waals surface area contributed by atoms with Crippen LogP contribution in [0.4, 0.5) is 0 Å². The Morgan fingerprint density at radius 3 is 2.37 bits per heavy atom. The molecule has 0 heterocycles. The zero-order valence-corrected chi connectivity index (χ0v) is 13.7. The van der Waals surface area contributed by atoms with Crippen LogP contribution in [-0.4, -0.2) is 31.1 Å². The first-order valence-corrected chi connectivity index (χ1v) is 7.79. The van der Waals surface area contributed by atoms with Crippen molar-refractivity contribution >= 4 is 34.8 Å². The fourth-order valence-electron chi connectivity index (χ4n) is 1.93. The molecule has 0 bridgehead atoms. The minimum absolute atomic E-state index is 0.544. The van der Waals surface area contributed by atoms with Crippen LogP contribution in [0.15, 0.2) is 12.1 Å². The maximum Gasteiger partial charge on any atom is 0.0652 e. The van der Waals surface area contributed by atoms with Crippen molar-refractivity contribution in [3.63, 3.8) is 0 Å². The van der Waals surface area contributed by atoms with Crippen LogP contribution in [0.1, 0.15) is 25.8 Å². The Hall–Kier alpha value is 0.01000. The second-order valence-corrected chi connectivity index (χ2v) is 5.63. The lowest BCUT2D eigenvalue weighted by Gasteiger charge is -2.19. The summed E-state index contributed by atoms with van der Waals surface area (Å²) in [4.78, 5) is 2.41. The van der Waals surface area contributed by atoms with Crippen LogP contribution in [0.5, 0.6) is 0 Å². The van der Waals surface area contributed by atoms with E-state index in [0.29, 0.717) is 21.6 Å². The van der Waals surface area contributed by atoms with Gasteiger partial charge in [-0.05, 0) is 31.6 Å². The van der Waals surface area contributed by atoms with E-state index in [0.717, 1.165) is 31.7 Å². The van der Waals surface area contributed by atoms with Crippen molar-refractivity contribution < 1.29 is 0 Å². The van der Waals surface area contributed by atoms with E-state index in [1.165, 1.54) is 6.42 Å². The van der Waals surface area contributed by atoms with Gasteiger partial charge < -0.3 is 10.2 Å². The molecule has 0 aromatic heterocycles. The predicted octanol–water partition coefficient (Wildman–Crippen LogP) is 4.47. The summed E-state index contributed by atoms with van der Waals surface area (Å²) in [5.41, 5.74) is 0.870. The highest BCUT2D eigenvalue weighted by Crippen LogP contribution is 2.31. The van der Waals surface area contributed by atoms with E-state index >= 15 is 0 Å². The summed E-state index contributed by atoms with van der Waals surface area (Å²) >= 11 is 18.3. The third kappa shape index (κ3) is 5.49. The van der Waals surface area contributed by atoms with Gasteiger partial charge in [-0.1, -0.05) is 48.7 Å². The molecule has 0 aliphatic carbocycles. The molecule has 0 spiro atoms. The van der Waals surface area contributed by atoms with Crippen molar-refractivity contribution in [3.8, 4) is 0 Å². The first-order chi connectivity index (χ1) is 9.10. The summed E-state index contributed by atoms with van der Waals surface area (Å²) in [6.07, 6.45) is 1.18. The van der Waals surface area contributed by atoms with Crippen LogP contribution in [0, 0.1) is 0 Å². The highest BCUT2D eigenvalue weighted by atomic mass is 35.5. The van der Waals surface area contributed by atoms with Gasteiger partial charge in [0.1, 0.15) is 0 Å². The van der Waals surface area contributed by atoms with Gasteiger partial charge >= 0.3 is 0 Å². The lowest BCUT2D eigenvalue weighted by Crippen LogP contribution is -2.32. The third-order valence-electron chi connectivity index (χ3n) is 3.03. The zero-order valence-electron chi connectivity index (χ0n) is 11.5. The van der Waals surface area contributed by atoms with Gasteiger partial charge in [-0.25, -0.2) is 0 Å². The van der Waals surface area contributed by atoms with E-state index in [1.54, 1.807) is 12.1 Å². The standard InChI is InChI=1S/C14H21Cl3N2/c1-3-8-19(4-2)9-7-18-10-11-12(15)5-6-13(16)14(11)17/h5-6,18H,3-4,7-10H2,1-2H3. The number of rotatable bonds is 8. The number of likely N-dealkylation sites (N-methyl/N-ethyl adjacent to an activating group) is 1. The maximum atomic E-state index is 6.15. The molecule has 0 atom stereocenters. The molecule has 0 aliphatic heterocycles. The van der Waals surface area contributed by atoms with Crippen molar-refractivity contribution in [2.45, 2.75) is 26.8 Å². The van der Waals surface area contributed by atoms with E-state index in [2.05, 4.69) is 24.1 Å². The SMILES string of the molecule is CCCN(CC)CCNCc1c(Cl)ccc(Cl)c1Cl. The first-order valence-electron chi connectivity index (χ1n) is 6.65. The Kier molecular flexibility index (Phi) is 8.12. The zero-order chi connectivity index (χ0) is 14.3. The number of hydrogen-bond donors (Lipinski definition) is 1. The molecule has 1 aromatic rings. The molecule has 2 nitrogen and oxygen atoms in total. The molecular weight excluding hydrogens is 303 g/mol. The van der Waals surface area contributed by atoms with Gasteiger partial charge in [-0.3, -0.25) is 0 Å². The maximum absolute atomic E-state index is 6.15. The lowest BCUT2D eigenvalue weighted by atomic mass is 10.2. The first kappa shape index (κ1) is 17.1. The molecule has 1 N–H and O–H groups in total. The van der Waals surface area contributed by atoms with Gasteiger partial charge in [-0.2, -0.15) is 0 Å². The minimum Gasteiger partial charge on any atom is -0.311 e. The van der Waals surface area contributed by atoms with Crippen LogP contribution >= 0.6 is 34.8 Å². The van der Waals surface area contributed by atoms with Crippen molar-refractivity contribution in [2.75, 3.05) is 26.2 Å². The fraction of sp³-hybridized carbons (Fsp3) is 0.571. The number of nitrogens with zero attached hydrogens (tertiary/aromatic N) is 1. The summed E-state index contributed by atoms with van der Waals surface area (Å²) < 4.78 is 0. The second kappa shape index (κ2) is 9.04. The quantitative estimate of drug-likeness (QED) is 0.561. The lowest BCUT2D eigenvalue weighted by molar-refractivity contribution is 0.287. The van der Waals surface area contributed by atoms with Crippen molar-refractivity contribution in [3.05, 3.63) is 32.8 Å². The Balaban J connectivity index is 2.43. The average Bonchev–Trinajstić information content (AvgIpc) is 2.41. The smallest absolute Gasteiger partial charge is 0.0652 e.